The van der Waals surface area contributed by atoms with Crippen molar-refractivity contribution in [3.8, 4) is 22.5 Å². The zero-order chi connectivity index (χ0) is 24.1. The summed E-state index contributed by atoms with van der Waals surface area (Å²) in [7, 11) is -0.293. The molecule has 0 spiro atoms. The number of aromatic nitrogens is 4. The van der Waals surface area contributed by atoms with Crippen LogP contribution in [0.15, 0.2) is 103 Å². The Bertz CT molecular complexity index is 1950. The van der Waals surface area contributed by atoms with Crippen molar-refractivity contribution in [1.29, 1.82) is 0 Å². The van der Waals surface area contributed by atoms with Gasteiger partial charge in [-0.25, -0.2) is 9.97 Å². The average Bonchev–Trinajstić information content (AvgIpc) is 2.96. The lowest BCUT2D eigenvalue weighted by atomic mass is 10.0. The summed E-state index contributed by atoms with van der Waals surface area (Å²) < 4.78 is 0. The molecule has 3 aromatic carbocycles. The molecule has 0 aliphatic heterocycles. The zero-order valence-corrected chi connectivity index (χ0v) is 20.1. The third-order valence-electron chi connectivity index (χ3n) is 6.56. The monoisotopic (exact) mass is 482 g/mol. The van der Waals surface area contributed by atoms with Crippen molar-refractivity contribution in [2.24, 2.45) is 0 Å². The van der Waals surface area contributed by atoms with E-state index in [1.807, 2.05) is 48.7 Å². The maximum absolute atomic E-state index is 9.86. The fourth-order valence-corrected chi connectivity index (χ4v) is 5.34. The van der Waals surface area contributed by atoms with E-state index in [0.717, 1.165) is 71.4 Å². The molecule has 4 aromatic heterocycles. The average molecular weight is 482 g/mol. The molecule has 0 bridgehead atoms. The molecule has 1 atom stereocenters. The van der Waals surface area contributed by atoms with E-state index in [2.05, 4.69) is 58.5 Å². The molecule has 0 aliphatic rings. The molecular weight excluding hydrogens is 463 g/mol. The van der Waals surface area contributed by atoms with Crippen molar-refractivity contribution >= 4 is 57.7 Å². The lowest BCUT2D eigenvalue weighted by molar-refractivity contribution is 0.655. The smallest absolute Gasteiger partial charge is 0.0972 e. The zero-order valence-electron chi connectivity index (χ0n) is 19.1. The van der Waals surface area contributed by atoms with Gasteiger partial charge in [0.2, 0.25) is 0 Å². The number of nitrogens with zero attached hydrogens (tertiary/aromatic N) is 4. The lowest BCUT2D eigenvalue weighted by Gasteiger charge is -2.10. The minimum atomic E-state index is -0.293. The van der Waals surface area contributed by atoms with Crippen LogP contribution in [-0.2, 0) is 0 Å². The second-order valence-corrected chi connectivity index (χ2v) is 9.46. The highest BCUT2D eigenvalue weighted by atomic mass is 31.1. The number of benzene rings is 3. The van der Waals surface area contributed by atoms with Crippen molar-refractivity contribution in [2.45, 2.75) is 0 Å². The van der Waals surface area contributed by atoms with Crippen LogP contribution in [0.25, 0.3) is 66.1 Å². The standard InChI is InChI=1S/C30H19N4OP/c35-36-26-17-22-11-13-25(34-29(22)30-23(26)7-3-15-32-30)21-5-1-4-20(16-21)24-12-10-19-9-8-18-6-2-14-31-27(18)28(19)33-24/h1-17,35-36H. The van der Waals surface area contributed by atoms with Gasteiger partial charge in [0, 0.05) is 59.2 Å². The van der Waals surface area contributed by atoms with Gasteiger partial charge in [-0.15, -0.1) is 0 Å². The maximum atomic E-state index is 9.86. The molecule has 0 saturated heterocycles. The minimum Gasteiger partial charge on any atom is -0.372 e. The lowest BCUT2D eigenvalue weighted by Crippen LogP contribution is -2.00. The SMILES string of the molecule is OPc1cc2ccc(-c3cccc(-c4ccc5ccc6cccnc6c5n4)c3)nc2c2ncccc12. The molecule has 0 aliphatic carbocycles. The van der Waals surface area contributed by atoms with Crippen molar-refractivity contribution in [3.63, 3.8) is 0 Å². The third-order valence-corrected chi connectivity index (χ3v) is 7.21. The quantitative estimate of drug-likeness (QED) is 0.232. The second-order valence-electron chi connectivity index (χ2n) is 8.69. The number of rotatable bonds is 3. The van der Waals surface area contributed by atoms with Gasteiger partial charge < -0.3 is 4.89 Å². The molecule has 1 unspecified atom stereocenters. The normalized spacial score (nSPS) is 11.9. The molecule has 5 nitrogen and oxygen atoms in total. The summed E-state index contributed by atoms with van der Waals surface area (Å²) in [6, 6.07) is 30.6. The van der Waals surface area contributed by atoms with Gasteiger partial charge in [0.15, 0.2) is 0 Å². The number of pyridine rings is 4. The fourth-order valence-electron chi connectivity index (χ4n) is 4.80. The molecule has 4 heterocycles. The minimum absolute atomic E-state index is 0.293. The predicted molar refractivity (Wildman–Crippen MR) is 149 cm³/mol. The van der Waals surface area contributed by atoms with E-state index in [1.54, 1.807) is 6.20 Å². The molecular formula is C30H19N4OP. The summed E-state index contributed by atoms with van der Waals surface area (Å²) in [5.41, 5.74) is 7.22. The van der Waals surface area contributed by atoms with E-state index < -0.39 is 0 Å². The summed E-state index contributed by atoms with van der Waals surface area (Å²) in [4.78, 5) is 29.0. The molecule has 7 rings (SSSR count). The number of hydrogen-bond donors (Lipinski definition) is 1. The van der Waals surface area contributed by atoms with Gasteiger partial charge in [-0.1, -0.05) is 54.6 Å². The van der Waals surface area contributed by atoms with Crippen LogP contribution in [-0.4, -0.2) is 24.8 Å². The molecule has 6 heteroatoms. The Morgan fingerprint density at radius 1 is 0.528 bits per heavy atom. The van der Waals surface area contributed by atoms with Gasteiger partial charge >= 0.3 is 0 Å². The first kappa shape index (κ1) is 21.0. The summed E-state index contributed by atoms with van der Waals surface area (Å²) >= 11 is 0. The topological polar surface area (TPSA) is 71.8 Å². The van der Waals surface area contributed by atoms with Crippen LogP contribution in [0.5, 0.6) is 0 Å². The Labute approximate surface area is 208 Å². The second kappa shape index (κ2) is 8.42. The van der Waals surface area contributed by atoms with Crippen molar-refractivity contribution < 1.29 is 4.89 Å². The van der Waals surface area contributed by atoms with Crippen LogP contribution in [0.2, 0.25) is 0 Å². The van der Waals surface area contributed by atoms with Crippen LogP contribution in [0.3, 0.4) is 0 Å². The van der Waals surface area contributed by atoms with Gasteiger partial charge in [0.1, 0.15) is 0 Å². The van der Waals surface area contributed by atoms with Crippen molar-refractivity contribution in [2.75, 3.05) is 0 Å². The molecule has 36 heavy (non-hydrogen) atoms. The van der Waals surface area contributed by atoms with Crippen LogP contribution >= 0.6 is 8.81 Å². The molecule has 0 fully saturated rings. The van der Waals surface area contributed by atoms with E-state index in [1.165, 1.54) is 0 Å². The van der Waals surface area contributed by atoms with E-state index >= 15 is 0 Å². The van der Waals surface area contributed by atoms with Gasteiger partial charge in [0.25, 0.3) is 0 Å². The Hall–Kier alpha value is -4.31. The van der Waals surface area contributed by atoms with Crippen LogP contribution in [0.1, 0.15) is 0 Å². The molecule has 0 amide bonds. The molecule has 7 aromatic rings. The number of hydrogen-bond acceptors (Lipinski definition) is 5. The van der Waals surface area contributed by atoms with Gasteiger partial charge in [-0.2, -0.15) is 0 Å². The Morgan fingerprint density at radius 2 is 1.14 bits per heavy atom. The van der Waals surface area contributed by atoms with E-state index in [0.29, 0.717) is 0 Å². The number of fused-ring (bicyclic) bond motifs is 6. The highest BCUT2D eigenvalue weighted by molar-refractivity contribution is 7.41. The first-order chi connectivity index (χ1) is 17.8. The Balaban J connectivity index is 1.37. The van der Waals surface area contributed by atoms with E-state index in [4.69, 9.17) is 9.97 Å². The Kier molecular flexibility index (Phi) is 4.91. The van der Waals surface area contributed by atoms with Crippen LogP contribution in [0.4, 0.5) is 0 Å². The predicted octanol–water partition coefficient (Wildman–Crippen LogP) is 6.42. The summed E-state index contributed by atoms with van der Waals surface area (Å²) in [6.45, 7) is 0. The van der Waals surface area contributed by atoms with Crippen LogP contribution in [0, 0.1) is 0 Å². The molecule has 0 radical (unpaired) electrons. The van der Waals surface area contributed by atoms with Crippen molar-refractivity contribution in [3.05, 3.63) is 103 Å². The molecule has 1 N–H and O–H groups in total. The van der Waals surface area contributed by atoms with Gasteiger partial charge in [0.05, 0.1) is 33.5 Å². The van der Waals surface area contributed by atoms with Crippen LogP contribution < -0.4 is 5.30 Å². The van der Waals surface area contributed by atoms with E-state index in [-0.39, 0.29) is 8.81 Å². The van der Waals surface area contributed by atoms with Gasteiger partial charge in [-0.3, -0.25) is 9.97 Å². The molecule has 170 valence electrons. The Morgan fingerprint density at radius 3 is 1.89 bits per heavy atom. The third kappa shape index (κ3) is 3.41. The fraction of sp³-hybridized carbons (Fsp3) is 0. The first-order valence-electron chi connectivity index (χ1n) is 11.6. The highest BCUT2D eigenvalue weighted by Gasteiger charge is 2.12. The molecule has 0 saturated carbocycles. The largest absolute Gasteiger partial charge is 0.372 e. The summed E-state index contributed by atoms with van der Waals surface area (Å²) in [5, 5.41) is 4.93. The van der Waals surface area contributed by atoms with Gasteiger partial charge in [-0.05, 0) is 36.4 Å². The highest BCUT2D eigenvalue weighted by Crippen LogP contribution is 2.31. The van der Waals surface area contributed by atoms with E-state index in [9.17, 15) is 4.89 Å². The summed E-state index contributed by atoms with van der Waals surface area (Å²) in [5.74, 6) is 0. The summed E-state index contributed by atoms with van der Waals surface area (Å²) in [6.07, 6.45) is 3.58. The maximum Gasteiger partial charge on any atom is 0.0972 e. The first-order valence-corrected chi connectivity index (χ1v) is 12.6. The van der Waals surface area contributed by atoms with Crippen molar-refractivity contribution in [1.82, 2.24) is 19.9 Å².